The Labute approximate surface area is 182 Å². The molecule has 0 unspecified atom stereocenters. The van der Waals surface area contributed by atoms with Crippen molar-refractivity contribution in [1.29, 1.82) is 0 Å². The van der Waals surface area contributed by atoms with E-state index in [0.29, 0.717) is 11.5 Å². The van der Waals surface area contributed by atoms with Gasteiger partial charge in [-0.3, -0.25) is 0 Å². The SMILES string of the molecule is CCc1ccc(Nc2cc(-c3ccccc3)nn2-c2cc(C)ccc2C)c(C(=O)O)c1. The summed E-state index contributed by atoms with van der Waals surface area (Å²) >= 11 is 0. The fraction of sp³-hybridized carbons (Fsp3) is 0.154. The number of aromatic nitrogens is 2. The lowest BCUT2D eigenvalue weighted by molar-refractivity contribution is 0.0698. The lowest BCUT2D eigenvalue weighted by Gasteiger charge is -2.14. The van der Waals surface area contributed by atoms with E-state index in [9.17, 15) is 9.90 Å². The van der Waals surface area contributed by atoms with Crippen molar-refractivity contribution in [1.82, 2.24) is 9.78 Å². The predicted molar refractivity (Wildman–Crippen MR) is 125 cm³/mol. The van der Waals surface area contributed by atoms with Crippen molar-refractivity contribution in [3.8, 4) is 16.9 Å². The molecule has 0 spiro atoms. The third-order valence-electron chi connectivity index (χ3n) is 5.36. The number of carbonyl (C=O) groups is 1. The molecule has 5 nitrogen and oxygen atoms in total. The van der Waals surface area contributed by atoms with Crippen LogP contribution in [0, 0.1) is 13.8 Å². The van der Waals surface area contributed by atoms with Gasteiger partial charge in [-0.05, 0) is 55.2 Å². The zero-order valence-corrected chi connectivity index (χ0v) is 17.9. The van der Waals surface area contributed by atoms with Crippen LogP contribution in [0.4, 0.5) is 11.5 Å². The Kier molecular flexibility index (Phi) is 5.58. The van der Waals surface area contributed by atoms with Gasteiger partial charge in [0.25, 0.3) is 0 Å². The Morgan fingerprint density at radius 1 is 1.00 bits per heavy atom. The summed E-state index contributed by atoms with van der Waals surface area (Å²) in [6.45, 7) is 6.10. The summed E-state index contributed by atoms with van der Waals surface area (Å²) in [5, 5.41) is 17.9. The van der Waals surface area contributed by atoms with Crippen LogP contribution in [0.3, 0.4) is 0 Å². The highest BCUT2D eigenvalue weighted by atomic mass is 16.4. The number of nitrogens with zero attached hydrogens (tertiary/aromatic N) is 2. The van der Waals surface area contributed by atoms with Crippen LogP contribution in [0.1, 0.15) is 34.0 Å². The van der Waals surface area contributed by atoms with Crippen molar-refractivity contribution < 1.29 is 9.90 Å². The third-order valence-corrected chi connectivity index (χ3v) is 5.36. The first-order valence-electron chi connectivity index (χ1n) is 10.3. The largest absolute Gasteiger partial charge is 0.478 e. The normalized spacial score (nSPS) is 10.8. The van der Waals surface area contributed by atoms with Crippen molar-refractivity contribution >= 4 is 17.5 Å². The molecule has 0 saturated heterocycles. The van der Waals surface area contributed by atoms with Crippen LogP contribution < -0.4 is 5.32 Å². The average molecular weight is 412 g/mol. The molecule has 0 aliphatic rings. The molecule has 5 heteroatoms. The second-order valence-corrected chi connectivity index (χ2v) is 7.65. The maximum Gasteiger partial charge on any atom is 0.337 e. The number of hydrogen-bond acceptors (Lipinski definition) is 3. The maximum absolute atomic E-state index is 11.9. The van der Waals surface area contributed by atoms with E-state index < -0.39 is 5.97 Å². The van der Waals surface area contributed by atoms with Crippen molar-refractivity contribution in [2.45, 2.75) is 27.2 Å². The maximum atomic E-state index is 11.9. The Hall–Kier alpha value is -3.86. The summed E-state index contributed by atoms with van der Waals surface area (Å²) in [6, 6.07) is 23.6. The molecule has 0 bridgehead atoms. The Bertz CT molecular complexity index is 1240. The first-order valence-corrected chi connectivity index (χ1v) is 10.3. The minimum atomic E-state index is -0.959. The summed E-state index contributed by atoms with van der Waals surface area (Å²) in [5.41, 5.74) is 6.73. The van der Waals surface area contributed by atoms with Gasteiger partial charge >= 0.3 is 5.97 Å². The number of carboxylic acids is 1. The minimum absolute atomic E-state index is 0.245. The molecule has 0 radical (unpaired) electrons. The molecule has 0 fully saturated rings. The van der Waals surface area contributed by atoms with Crippen molar-refractivity contribution in [2.75, 3.05) is 5.32 Å². The molecule has 2 N–H and O–H groups in total. The zero-order chi connectivity index (χ0) is 22.0. The highest BCUT2D eigenvalue weighted by Crippen LogP contribution is 2.30. The summed E-state index contributed by atoms with van der Waals surface area (Å²) < 4.78 is 1.85. The monoisotopic (exact) mass is 411 g/mol. The van der Waals surface area contributed by atoms with Crippen LogP contribution in [0.15, 0.2) is 72.8 Å². The van der Waals surface area contributed by atoms with Crippen LogP contribution >= 0.6 is 0 Å². The number of anilines is 2. The van der Waals surface area contributed by atoms with Gasteiger partial charge in [0.1, 0.15) is 5.82 Å². The van der Waals surface area contributed by atoms with Gasteiger partial charge in [0.15, 0.2) is 0 Å². The fourth-order valence-electron chi connectivity index (χ4n) is 3.59. The van der Waals surface area contributed by atoms with E-state index in [1.54, 1.807) is 6.07 Å². The van der Waals surface area contributed by atoms with Gasteiger partial charge in [-0.1, -0.05) is 55.5 Å². The lowest BCUT2D eigenvalue weighted by Crippen LogP contribution is -2.08. The van der Waals surface area contributed by atoms with E-state index in [4.69, 9.17) is 5.10 Å². The molecular formula is C26H25N3O2. The lowest BCUT2D eigenvalue weighted by atomic mass is 10.1. The molecular weight excluding hydrogens is 386 g/mol. The number of aromatic carboxylic acids is 1. The van der Waals surface area contributed by atoms with E-state index in [2.05, 4.69) is 23.5 Å². The van der Waals surface area contributed by atoms with Gasteiger partial charge in [-0.25, -0.2) is 9.48 Å². The molecule has 1 heterocycles. The molecule has 0 aliphatic carbocycles. The summed E-state index contributed by atoms with van der Waals surface area (Å²) in [7, 11) is 0. The standard InChI is InChI=1S/C26H25N3O2/c1-4-19-12-13-22(21(15-19)26(30)31)27-25-16-23(20-8-6-5-7-9-20)28-29(25)24-14-17(2)10-11-18(24)3/h5-16,27H,4H2,1-3H3,(H,30,31). The third kappa shape index (κ3) is 4.21. The summed E-state index contributed by atoms with van der Waals surface area (Å²) in [5.74, 6) is -0.252. The van der Waals surface area contributed by atoms with Crippen LogP contribution in [-0.2, 0) is 6.42 Å². The van der Waals surface area contributed by atoms with Crippen LogP contribution in [0.2, 0.25) is 0 Å². The topological polar surface area (TPSA) is 67.2 Å². The first-order chi connectivity index (χ1) is 15.0. The van der Waals surface area contributed by atoms with Crippen LogP contribution in [0.5, 0.6) is 0 Å². The van der Waals surface area contributed by atoms with Crippen LogP contribution in [0.25, 0.3) is 16.9 Å². The number of rotatable bonds is 6. The minimum Gasteiger partial charge on any atom is -0.478 e. The molecule has 156 valence electrons. The quantitative estimate of drug-likeness (QED) is 0.399. The second-order valence-electron chi connectivity index (χ2n) is 7.65. The number of benzene rings is 3. The van der Waals surface area contributed by atoms with Crippen molar-refractivity contribution in [3.63, 3.8) is 0 Å². The molecule has 3 aromatic carbocycles. The highest BCUT2D eigenvalue weighted by Gasteiger charge is 2.17. The van der Waals surface area contributed by atoms with Crippen LogP contribution in [-0.4, -0.2) is 20.9 Å². The first kappa shape index (κ1) is 20.4. The molecule has 31 heavy (non-hydrogen) atoms. The van der Waals surface area contributed by atoms with E-state index >= 15 is 0 Å². The fourth-order valence-corrected chi connectivity index (χ4v) is 3.59. The predicted octanol–water partition coefficient (Wildman–Crippen LogP) is 6.16. The molecule has 4 rings (SSSR count). The summed E-state index contributed by atoms with van der Waals surface area (Å²) in [6.07, 6.45) is 0.777. The van der Waals surface area contributed by atoms with Gasteiger partial charge in [0, 0.05) is 11.6 Å². The smallest absolute Gasteiger partial charge is 0.337 e. The molecule has 1 aromatic heterocycles. The number of hydrogen-bond donors (Lipinski definition) is 2. The van der Waals surface area contributed by atoms with E-state index in [-0.39, 0.29) is 5.56 Å². The molecule has 0 saturated carbocycles. The number of aryl methyl sites for hydroxylation is 3. The van der Waals surface area contributed by atoms with E-state index in [1.165, 1.54) is 0 Å². The van der Waals surface area contributed by atoms with Gasteiger partial charge in [-0.2, -0.15) is 5.10 Å². The van der Waals surface area contributed by atoms with Gasteiger partial charge < -0.3 is 10.4 Å². The Morgan fingerprint density at radius 2 is 1.77 bits per heavy atom. The van der Waals surface area contributed by atoms with E-state index in [0.717, 1.165) is 40.1 Å². The molecule has 0 amide bonds. The van der Waals surface area contributed by atoms with Gasteiger partial charge in [0.05, 0.1) is 22.6 Å². The van der Waals surface area contributed by atoms with Crippen molar-refractivity contribution in [3.05, 3.63) is 95.1 Å². The van der Waals surface area contributed by atoms with E-state index in [1.807, 2.05) is 74.0 Å². The highest BCUT2D eigenvalue weighted by molar-refractivity contribution is 5.95. The molecule has 4 aromatic rings. The summed E-state index contributed by atoms with van der Waals surface area (Å²) in [4.78, 5) is 11.9. The molecule has 0 aliphatic heterocycles. The number of nitrogens with one attached hydrogen (secondary N) is 1. The van der Waals surface area contributed by atoms with Gasteiger partial charge in [0.2, 0.25) is 0 Å². The number of carboxylic acid groups (broad SMARTS) is 1. The second kappa shape index (κ2) is 8.48. The Morgan fingerprint density at radius 3 is 2.48 bits per heavy atom. The zero-order valence-electron chi connectivity index (χ0n) is 17.9. The van der Waals surface area contributed by atoms with Crippen molar-refractivity contribution in [2.24, 2.45) is 0 Å². The van der Waals surface area contributed by atoms with Gasteiger partial charge in [-0.15, -0.1) is 0 Å². The Balaban J connectivity index is 1.86. The average Bonchev–Trinajstić information content (AvgIpc) is 3.19. The molecule has 0 atom stereocenters.